The zero-order valence-corrected chi connectivity index (χ0v) is 14.4. The number of sulfonamides is 1. The van der Waals surface area contributed by atoms with Crippen LogP contribution >= 0.6 is 11.6 Å². The summed E-state index contributed by atoms with van der Waals surface area (Å²) in [6.45, 7) is 0. The van der Waals surface area contributed by atoms with Gasteiger partial charge in [0.05, 0.1) is 35.0 Å². The summed E-state index contributed by atoms with van der Waals surface area (Å²) in [6.07, 6.45) is 0. The van der Waals surface area contributed by atoms with Crippen LogP contribution in [0.1, 0.15) is 15.9 Å². The molecule has 0 bridgehead atoms. The van der Waals surface area contributed by atoms with Crippen LogP contribution in [0.5, 0.6) is 0 Å². The third kappa shape index (κ3) is 3.35. The third-order valence-corrected chi connectivity index (χ3v) is 5.60. The lowest BCUT2D eigenvalue weighted by molar-refractivity contribution is 0.0600. The van der Waals surface area contributed by atoms with Crippen LogP contribution in [0.3, 0.4) is 0 Å². The number of rotatable bonds is 4. The van der Waals surface area contributed by atoms with Crippen molar-refractivity contribution in [3.63, 3.8) is 0 Å². The molecule has 0 saturated carbocycles. The van der Waals surface area contributed by atoms with E-state index in [1.807, 2.05) is 6.07 Å². The molecule has 2 rings (SSSR count). The number of carbonyl (C=O) groups excluding carboxylic acids is 1. The topological polar surface area (TPSA) is 87.5 Å². The molecule has 0 spiro atoms. The first-order valence-electron chi connectivity index (χ1n) is 6.68. The lowest BCUT2D eigenvalue weighted by Gasteiger charge is -2.20. The van der Waals surface area contributed by atoms with E-state index in [2.05, 4.69) is 4.74 Å². The van der Waals surface area contributed by atoms with Crippen LogP contribution in [0.15, 0.2) is 47.4 Å². The first-order chi connectivity index (χ1) is 11.3. The van der Waals surface area contributed by atoms with Gasteiger partial charge >= 0.3 is 5.97 Å². The minimum Gasteiger partial charge on any atom is -0.465 e. The number of nitriles is 1. The largest absolute Gasteiger partial charge is 0.465 e. The Morgan fingerprint density at radius 3 is 2.58 bits per heavy atom. The van der Waals surface area contributed by atoms with Crippen molar-refractivity contribution in [1.29, 1.82) is 5.26 Å². The van der Waals surface area contributed by atoms with Crippen molar-refractivity contribution >= 4 is 33.3 Å². The SMILES string of the molecule is COC(=O)c1ccc(Cl)c(S(=O)(=O)N(C)c2cccc(C#N)c2)c1. The van der Waals surface area contributed by atoms with Crippen molar-refractivity contribution in [2.45, 2.75) is 4.90 Å². The molecule has 0 aromatic heterocycles. The number of benzene rings is 2. The van der Waals surface area contributed by atoms with Crippen molar-refractivity contribution < 1.29 is 17.9 Å². The second-order valence-corrected chi connectivity index (χ2v) is 7.12. The summed E-state index contributed by atoms with van der Waals surface area (Å²) < 4.78 is 31.2. The fraction of sp³-hybridized carbons (Fsp3) is 0.125. The standard InChI is InChI=1S/C16H13ClN2O4S/c1-19(13-5-3-4-11(8-13)10-18)24(21,22)15-9-12(16(20)23-2)6-7-14(15)17/h3-9H,1-2H3. The highest BCUT2D eigenvalue weighted by Gasteiger charge is 2.25. The fourth-order valence-electron chi connectivity index (χ4n) is 2.00. The predicted octanol–water partition coefficient (Wildman–Crippen LogP) is 2.82. The number of methoxy groups -OCH3 is 1. The second-order valence-electron chi connectivity index (χ2n) is 4.77. The monoisotopic (exact) mass is 364 g/mol. The van der Waals surface area contributed by atoms with Crippen molar-refractivity contribution in [2.75, 3.05) is 18.5 Å². The molecule has 0 aliphatic rings. The number of carbonyl (C=O) groups is 1. The van der Waals surface area contributed by atoms with Gasteiger partial charge in [0, 0.05) is 7.05 Å². The van der Waals surface area contributed by atoms with E-state index in [4.69, 9.17) is 16.9 Å². The molecule has 0 atom stereocenters. The van der Waals surface area contributed by atoms with E-state index in [0.29, 0.717) is 11.3 Å². The highest BCUT2D eigenvalue weighted by Crippen LogP contribution is 2.29. The van der Waals surface area contributed by atoms with E-state index >= 15 is 0 Å². The molecule has 24 heavy (non-hydrogen) atoms. The molecular weight excluding hydrogens is 352 g/mol. The smallest absolute Gasteiger partial charge is 0.337 e. The summed E-state index contributed by atoms with van der Waals surface area (Å²) in [6, 6.07) is 11.9. The maximum atomic E-state index is 12.8. The summed E-state index contributed by atoms with van der Waals surface area (Å²) in [5.74, 6) is -0.669. The highest BCUT2D eigenvalue weighted by atomic mass is 35.5. The summed E-state index contributed by atoms with van der Waals surface area (Å²) in [5.41, 5.74) is 0.692. The third-order valence-electron chi connectivity index (χ3n) is 3.33. The van der Waals surface area contributed by atoms with Crippen LogP contribution in [0.4, 0.5) is 5.69 Å². The zero-order valence-electron chi connectivity index (χ0n) is 12.9. The van der Waals surface area contributed by atoms with Crippen molar-refractivity contribution in [3.05, 3.63) is 58.6 Å². The van der Waals surface area contributed by atoms with E-state index in [-0.39, 0.29) is 15.5 Å². The molecular formula is C16H13ClN2O4S. The number of hydrogen-bond acceptors (Lipinski definition) is 5. The van der Waals surface area contributed by atoms with Crippen molar-refractivity contribution in [1.82, 2.24) is 0 Å². The van der Waals surface area contributed by atoms with Crippen LogP contribution in [0.2, 0.25) is 5.02 Å². The van der Waals surface area contributed by atoms with Gasteiger partial charge in [0.15, 0.2) is 0 Å². The quantitative estimate of drug-likeness (QED) is 0.778. The van der Waals surface area contributed by atoms with Gasteiger partial charge in [-0.3, -0.25) is 4.31 Å². The van der Waals surface area contributed by atoms with Gasteiger partial charge in [-0.15, -0.1) is 0 Å². The van der Waals surface area contributed by atoms with E-state index in [1.165, 1.54) is 32.4 Å². The average Bonchev–Trinajstić information content (AvgIpc) is 2.60. The molecule has 6 nitrogen and oxygen atoms in total. The fourth-order valence-corrected chi connectivity index (χ4v) is 3.69. The molecule has 0 aliphatic carbocycles. The Hall–Kier alpha value is -2.56. The van der Waals surface area contributed by atoms with Gasteiger partial charge in [-0.1, -0.05) is 17.7 Å². The molecule has 124 valence electrons. The van der Waals surface area contributed by atoms with E-state index in [0.717, 1.165) is 10.4 Å². The minimum atomic E-state index is -4.03. The Kier molecular flexibility index (Phi) is 5.12. The first kappa shape index (κ1) is 17.8. The van der Waals surface area contributed by atoms with Gasteiger partial charge in [0.1, 0.15) is 4.90 Å². The van der Waals surface area contributed by atoms with E-state index in [1.54, 1.807) is 18.2 Å². The minimum absolute atomic E-state index is 0.0223. The molecule has 0 radical (unpaired) electrons. The molecule has 2 aromatic rings. The Bertz CT molecular complexity index is 935. The summed E-state index contributed by atoms with van der Waals surface area (Å²) in [5, 5.41) is 8.92. The Morgan fingerprint density at radius 2 is 1.96 bits per heavy atom. The molecule has 8 heteroatoms. The van der Waals surface area contributed by atoms with E-state index < -0.39 is 16.0 Å². The van der Waals surface area contributed by atoms with Crippen molar-refractivity contribution in [2.24, 2.45) is 0 Å². The van der Waals surface area contributed by atoms with Gasteiger partial charge in [0.2, 0.25) is 0 Å². The molecule has 0 amide bonds. The Balaban J connectivity index is 2.53. The van der Waals surface area contributed by atoms with E-state index in [9.17, 15) is 13.2 Å². The number of hydrogen-bond donors (Lipinski definition) is 0. The van der Waals surface area contributed by atoms with Gasteiger partial charge in [-0.25, -0.2) is 13.2 Å². The normalized spacial score (nSPS) is 10.8. The van der Waals surface area contributed by atoms with Crippen LogP contribution in [0.25, 0.3) is 0 Å². The van der Waals surface area contributed by atoms with Crippen LogP contribution in [-0.4, -0.2) is 28.5 Å². The van der Waals surface area contributed by atoms with Gasteiger partial charge in [0.25, 0.3) is 10.0 Å². The number of nitrogens with zero attached hydrogens (tertiary/aromatic N) is 2. The van der Waals surface area contributed by atoms with Crippen LogP contribution in [-0.2, 0) is 14.8 Å². The summed E-state index contributed by atoms with van der Waals surface area (Å²) >= 11 is 6.01. The number of esters is 1. The molecule has 0 fully saturated rings. The first-order valence-corrected chi connectivity index (χ1v) is 8.50. The Morgan fingerprint density at radius 1 is 1.25 bits per heavy atom. The lowest BCUT2D eigenvalue weighted by atomic mass is 10.2. The van der Waals surface area contributed by atoms with Gasteiger partial charge in [-0.2, -0.15) is 5.26 Å². The van der Waals surface area contributed by atoms with Gasteiger partial charge < -0.3 is 4.74 Å². The Labute approximate surface area is 144 Å². The van der Waals surface area contributed by atoms with Crippen LogP contribution in [0, 0.1) is 11.3 Å². The average molecular weight is 365 g/mol. The highest BCUT2D eigenvalue weighted by molar-refractivity contribution is 7.93. The predicted molar refractivity (Wildman–Crippen MR) is 89.5 cm³/mol. The van der Waals surface area contributed by atoms with Crippen LogP contribution < -0.4 is 4.31 Å². The second kappa shape index (κ2) is 6.91. The number of anilines is 1. The summed E-state index contributed by atoms with van der Waals surface area (Å²) in [7, 11) is -1.49. The molecule has 0 N–H and O–H groups in total. The molecule has 0 saturated heterocycles. The van der Waals surface area contributed by atoms with Gasteiger partial charge in [-0.05, 0) is 36.4 Å². The number of ether oxygens (including phenoxy) is 1. The maximum Gasteiger partial charge on any atom is 0.337 e. The lowest BCUT2D eigenvalue weighted by Crippen LogP contribution is -2.27. The molecule has 0 aliphatic heterocycles. The number of halogens is 1. The molecule has 0 heterocycles. The van der Waals surface area contributed by atoms with Crippen molar-refractivity contribution in [3.8, 4) is 6.07 Å². The summed E-state index contributed by atoms with van der Waals surface area (Å²) in [4.78, 5) is 11.4. The molecule has 0 unspecified atom stereocenters. The maximum absolute atomic E-state index is 12.8. The zero-order chi connectivity index (χ0) is 17.9. The molecule has 2 aromatic carbocycles.